The Labute approximate surface area is 167 Å². The third-order valence-corrected chi connectivity index (χ3v) is 8.01. The molecule has 1 atom stereocenters. The second-order valence-electron chi connectivity index (χ2n) is 5.98. The molecule has 0 spiro atoms. The lowest BCUT2D eigenvalue weighted by Crippen LogP contribution is -2.30. The van der Waals surface area contributed by atoms with Gasteiger partial charge in [0, 0.05) is 0 Å². The molecule has 2 aromatic rings. The van der Waals surface area contributed by atoms with Gasteiger partial charge in [0.1, 0.15) is 0 Å². The summed E-state index contributed by atoms with van der Waals surface area (Å²) in [4.78, 5) is 12.0. The van der Waals surface area contributed by atoms with Gasteiger partial charge in [0.15, 0.2) is 0 Å². The molecule has 0 aromatic heterocycles. The van der Waals surface area contributed by atoms with Crippen LogP contribution in [0, 0.1) is 5.92 Å². The molecule has 0 bridgehead atoms. The van der Waals surface area contributed by atoms with Crippen molar-refractivity contribution < 1.29 is 21.6 Å². The number of hydrogen-bond acceptors (Lipinski definition) is 5. The predicted molar refractivity (Wildman–Crippen MR) is 104 cm³/mol. The molecule has 27 heavy (non-hydrogen) atoms. The Morgan fingerprint density at radius 3 is 2.30 bits per heavy atom. The Bertz CT molecular complexity index is 1120. The van der Waals surface area contributed by atoms with Gasteiger partial charge < -0.3 is 0 Å². The van der Waals surface area contributed by atoms with Crippen LogP contribution in [0.1, 0.15) is 6.92 Å². The summed E-state index contributed by atoms with van der Waals surface area (Å²) in [5, 5.41) is 0.251. The lowest BCUT2D eigenvalue weighted by Gasteiger charge is -2.16. The van der Waals surface area contributed by atoms with Gasteiger partial charge in [-0.2, -0.15) is 0 Å². The van der Waals surface area contributed by atoms with Crippen molar-refractivity contribution in [2.24, 2.45) is 5.92 Å². The molecule has 11 heteroatoms. The van der Waals surface area contributed by atoms with Crippen LogP contribution in [0.2, 0.25) is 10.0 Å². The molecule has 7 nitrogen and oxygen atoms in total. The van der Waals surface area contributed by atoms with E-state index in [1.165, 1.54) is 43.3 Å². The van der Waals surface area contributed by atoms with Gasteiger partial charge in [-0.1, -0.05) is 36.2 Å². The van der Waals surface area contributed by atoms with Gasteiger partial charge in [-0.05, 0) is 36.4 Å². The maximum absolute atomic E-state index is 12.5. The van der Waals surface area contributed by atoms with Crippen LogP contribution in [-0.4, -0.2) is 28.5 Å². The molecule has 1 amide bonds. The van der Waals surface area contributed by atoms with Crippen LogP contribution in [0.4, 0.5) is 11.4 Å². The predicted octanol–water partition coefficient (Wildman–Crippen LogP) is 3.11. The number of rotatable bonds is 4. The molecule has 144 valence electrons. The van der Waals surface area contributed by atoms with Crippen molar-refractivity contribution in [2.45, 2.75) is 11.8 Å². The average Bonchev–Trinajstić information content (AvgIpc) is 2.79. The Morgan fingerprint density at radius 1 is 1.11 bits per heavy atom. The first kappa shape index (κ1) is 19.9. The van der Waals surface area contributed by atoms with Gasteiger partial charge in [-0.3, -0.25) is 9.52 Å². The first-order valence-electron chi connectivity index (χ1n) is 7.67. The van der Waals surface area contributed by atoms with Gasteiger partial charge >= 0.3 is 0 Å². The highest BCUT2D eigenvalue weighted by atomic mass is 35.5. The summed E-state index contributed by atoms with van der Waals surface area (Å²) in [5.41, 5.74) is 0.198. The second-order valence-corrected chi connectivity index (χ2v) is 10.3. The van der Waals surface area contributed by atoms with E-state index in [0.29, 0.717) is 4.31 Å². The fourth-order valence-corrected chi connectivity index (χ4v) is 5.93. The summed E-state index contributed by atoms with van der Waals surface area (Å²) < 4.78 is 52.3. The molecule has 1 aliphatic rings. The number of sulfonamides is 2. The zero-order chi connectivity index (χ0) is 20.0. The van der Waals surface area contributed by atoms with E-state index < -0.39 is 31.9 Å². The molecule has 1 saturated heterocycles. The first-order valence-corrected chi connectivity index (χ1v) is 11.5. The Balaban J connectivity index is 1.91. The zero-order valence-corrected chi connectivity index (χ0v) is 17.0. The van der Waals surface area contributed by atoms with Gasteiger partial charge in [-0.15, -0.1) is 0 Å². The molecular formula is C16H14Cl2N2O5S2. The van der Waals surface area contributed by atoms with E-state index in [9.17, 15) is 21.6 Å². The van der Waals surface area contributed by atoms with Crippen LogP contribution in [0.15, 0.2) is 47.4 Å². The molecule has 1 heterocycles. The number of carbonyl (C=O) groups excluding carboxylic acids is 1. The van der Waals surface area contributed by atoms with Crippen molar-refractivity contribution in [3.63, 3.8) is 0 Å². The minimum atomic E-state index is -3.99. The van der Waals surface area contributed by atoms with Gasteiger partial charge in [0.05, 0.1) is 38.0 Å². The van der Waals surface area contributed by atoms with Crippen molar-refractivity contribution in [1.29, 1.82) is 0 Å². The van der Waals surface area contributed by atoms with E-state index in [0.717, 1.165) is 0 Å². The summed E-state index contributed by atoms with van der Waals surface area (Å²) >= 11 is 11.9. The average molecular weight is 449 g/mol. The van der Waals surface area contributed by atoms with Crippen LogP contribution in [-0.2, 0) is 24.8 Å². The first-order chi connectivity index (χ1) is 12.5. The minimum absolute atomic E-state index is 0.0575. The minimum Gasteiger partial charge on any atom is -0.278 e. The summed E-state index contributed by atoms with van der Waals surface area (Å²) in [6.45, 7) is 1.53. The Kier molecular flexibility index (Phi) is 5.15. The number of anilines is 2. The SMILES string of the molecule is CC1CS(=O)(=O)N(c2ccc(S(=O)(=O)Nc3cccc(Cl)c3Cl)cc2)C1=O. The monoisotopic (exact) mass is 448 g/mol. The second kappa shape index (κ2) is 6.97. The van der Waals surface area contributed by atoms with Crippen LogP contribution in [0.3, 0.4) is 0 Å². The summed E-state index contributed by atoms with van der Waals surface area (Å²) in [7, 11) is -7.75. The van der Waals surface area contributed by atoms with E-state index in [-0.39, 0.29) is 32.1 Å². The molecule has 1 N–H and O–H groups in total. The standard InChI is InChI=1S/C16H14Cl2N2O5S2/c1-10-9-26(22,23)20(16(10)21)11-5-7-12(8-6-11)27(24,25)19-14-4-2-3-13(17)15(14)18/h2-8,10,19H,9H2,1H3. The number of hydrogen-bond donors (Lipinski definition) is 1. The van der Waals surface area contributed by atoms with Gasteiger partial charge in [0.25, 0.3) is 10.0 Å². The molecule has 0 saturated carbocycles. The molecular weight excluding hydrogens is 435 g/mol. The number of benzene rings is 2. The largest absolute Gasteiger partial charge is 0.278 e. The Hall–Kier alpha value is -1.81. The molecule has 1 unspecified atom stereocenters. The van der Waals surface area contributed by atoms with E-state index in [1.54, 1.807) is 6.07 Å². The fourth-order valence-electron chi connectivity index (χ4n) is 2.63. The van der Waals surface area contributed by atoms with Crippen molar-refractivity contribution in [3.05, 3.63) is 52.5 Å². The van der Waals surface area contributed by atoms with Crippen LogP contribution < -0.4 is 9.03 Å². The lowest BCUT2D eigenvalue weighted by molar-refractivity contribution is -0.119. The maximum Gasteiger partial charge on any atom is 0.261 e. The highest BCUT2D eigenvalue weighted by molar-refractivity contribution is 7.94. The van der Waals surface area contributed by atoms with Crippen LogP contribution >= 0.6 is 23.2 Å². The number of amides is 1. The van der Waals surface area contributed by atoms with E-state index in [4.69, 9.17) is 23.2 Å². The van der Waals surface area contributed by atoms with E-state index >= 15 is 0 Å². The lowest BCUT2D eigenvalue weighted by atomic mass is 10.2. The van der Waals surface area contributed by atoms with E-state index in [1.807, 2.05) is 0 Å². The number of halogens is 2. The number of nitrogens with zero attached hydrogens (tertiary/aromatic N) is 1. The molecule has 0 aliphatic carbocycles. The molecule has 2 aromatic carbocycles. The number of nitrogens with one attached hydrogen (secondary N) is 1. The van der Waals surface area contributed by atoms with Crippen molar-refractivity contribution >= 4 is 60.5 Å². The molecule has 0 radical (unpaired) electrons. The topological polar surface area (TPSA) is 101 Å². The van der Waals surface area contributed by atoms with Crippen molar-refractivity contribution in [1.82, 2.24) is 0 Å². The molecule has 1 aliphatic heterocycles. The van der Waals surface area contributed by atoms with Gasteiger partial charge in [-0.25, -0.2) is 21.1 Å². The summed E-state index contributed by atoms with van der Waals surface area (Å²) in [6, 6.07) is 9.47. The number of carbonyl (C=O) groups is 1. The third-order valence-electron chi connectivity index (χ3n) is 3.94. The smallest absolute Gasteiger partial charge is 0.261 e. The third kappa shape index (κ3) is 3.77. The maximum atomic E-state index is 12.5. The Morgan fingerprint density at radius 2 is 1.74 bits per heavy atom. The normalized spacial score (nSPS) is 19.3. The van der Waals surface area contributed by atoms with Crippen LogP contribution in [0.25, 0.3) is 0 Å². The highest BCUT2D eigenvalue weighted by Gasteiger charge is 2.41. The van der Waals surface area contributed by atoms with Crippen molar-refractivity contribution in [2.75, 3.05) is 14.8 Å². The zero-order valence-electron chi connectivity index (χ0n) is 13.9. The molecule has 1 fully saturated rings. The quantitative estimate of drug-likeness (QED) is 0.773. The van der Waals surface area contributed by atoms with Crippen LogP contribution in [0.5, 0.6) is 0 Å². The fraction of sp³-hybridized carbons (Fsp3) is 0.188. The highest BCUT2D eigenvalue weighted by Crippen LogP contribution is 2.32. The van der Waals surface area contributed by atoms with Crippen molar-refractivity contribution in [3.8, 4) is 0 Å². The molecule has 3 rings (SSSR count). The summed E-state index contributed by atoms with van der Waals surface area (Å²) in [6.07, 6.45) is 0. The van der Waals surface area contributed by atoms with E-state index in [2.05, 4.69) is 4.72 Å². The van der Waals surface area contributed by atoms with Gasteiger partial charge in [0.2, 0.25) is 15.9 Å². The summed E-state index contributed by atoms with van der Waals surface area (Å²) in [5.74, 6) is -1.47.